The van der Waals surface area contributed by atoms with Crippen LogP contribution in [-0.2, 0) is 4.79 Å². The van der Waals surface area contributed by atoms with Crippen molar-refractivity contribution in [1.29, 1.82) is 0 Å². The fraction of sp³-hybridized carbons (Fsp3) is 0.647. The molecule has 1 aliphatic carbocycles. The Labute approximate surface area is 137 Å². The van der Waals surface area contributed by atoms with Gasteiger partial charge in [0.25, 0.3) is 0 Å². The van der Waals surface area contributed by atoms with Crippen molar-refractivity contribution in [2.75, 3.05) is 18.0 Å². The first-order valence-electron chi connectivity index (χ1n) is 8.39. The summed E-state index contributed by atoms with van der Waals surface area (Å²) >= 11 is 6.20. The molecule has 0 atom stereocenters. The Morgan fingerprint density at radius 1 is 1.18 bits per heavy atom. The van der Waals surface area contributed by atoms with E-state index in [0.717, 1.165) is 44.5 Å². The lowest BCUT2D eigenvalue weighted by Crippen LogP contribution is -2.44. The highest BCUT2D eigenvalue weighted by Crippen LogP contribution is 2.29. The number of carbonyl (C=O) groups is 1. The molecule has 1 amide bonds. The first-order chi connectivity index (χ1) is 10.7. The maximum atomic E-state index is 12.4. The fourth-order valence-electron chi connectivity index (χ4n) is 3.57. The standard InChI is InChI=1S/C17H24ClN3O/c18-15-12-19-9-6-16(15)21-10-7-13(8-11-21)17(22)20-14-4-2-1-3-5-14/h6,9,12-14H,1-5,7-8,10-11H2,(H,20,22). The van der Waals surface area contributed by atoms with Crippen molar-refractivity contribution in [3.8, 4) is 0 Å². The number of anilines is 1. The lowest BCUT2D eigenvalue weighted by atomic mass is 9.92. The summed E-state index contributed by atoms with van der Waals surface area (Å²) in [4.78, 5) is 18.7. The largest absolute Gasteiger partial charge is 0.370 e. The zero-order chi connectivity index (χ0) is 15.4. The van der Waals surface area contributed by atoms with E-state index in [1.54, 1.807) is 12.4 Å². The van der Waals surface area contributed by atoms with E-state index in [2.05, 4.69) is 15.2 Å². The van der Waals surface area contributed by atoms with Gasteiger partial charge < -0.3 is 10.2 Å². The van der Waals surface area contributed by atoms with Gasteiger partial charge in [-0.3, -0.25) is 9.78 Å². The van der Waals surface area contributed by atoms with Crippen LogP contribution in [0.3, 0.4) is 0 Å². The summed E-state index contributed by atoms with van der Waals surface area (Å²) in [6.45, 7) is 1.76. The van der Waals surface area contributed by atoms with Gasteiger partial charge in [0, 0.05) is 37.4 Å². The van der Waals surface area contributed by atoms with Gasteiger partial charge in [0.2, 0.25) is 5.91 Å². The van der Waals surface area contributed by atoms with Crippen molar-refractivity contribution in [2.24, 2.45) is 5.92 Å². The van der Waals surface area contributed by atoms with Gasteiger partial charge in [0.05, 0.1) is 10.7 Å². The molecule has 0 bridgehead atoms. The molecule has 2 aliphatic rings. The molecule has 0 spiro atoms. The van der Waals surface area contributed by atoms with Crippen LogP contribution < -0.4 is 10.2 Å². The van der Waals surface area contributed by atoms with Crippen molar-refractivity contribution in [3.05, 3.63) is 23.5 Å². The van der Waals surface area contributed by atoms with E-state index in [4.69, 9.17) is 11.6 Å². The fourth-order valence-corrected chi connectivity index (χ4v) is 3.81. The molecule has 0 radical (unpaired) electrons. The Kier molecular flexibility index (Phi) is 5.19. The Bertz CT molecular complexity index is 508. The molecular weight excluding hydrogens is 298 g/mol. The van der Waals surface area contributed by atoms with Crippen molar-refractivity contribution < 1.29 is 4.79 Å². The molecule has 3 rings (SSSR count). The van der Waals surface area contributed by atoms with Gasteiger partial charge in [-0.15, -0.1) is 0 Å². The molecule has 2 fully saturated rings. The molecular formula is C17H24ClN3O. The van der Waals surface area contributed by atoms with E-state index in [1.807, 2.05) is 6.07 Å². The summed E-state index contributed by atoms with van der Waals surface area (Å²) in [7, 11) is 0. The van der Waals surface area contributed by atoms with Gasteiger partial charge >= 0.3 is 0 Å². The number of hydrogen-bond acceptors (Lipinski definition) is 3. The molecule has 0 unspecified atom stereocenters. The Morgan fingerprint density at radius 2 is 1.91 bits per heavy atom. The van der Waals surface area contributed by atoms with Crippen LogP contribution in [0, 0.1) is 5.92 Å². The first-order valence-corrected chi connectivity index (χ1v) is 8.76. The summed E-state index contributed by atoms with van der Waals surface area (Å²) in [6, 6.07) is 2.36. The van der Waals surface area contributed by atoms with Gasteiger partial charge in [-0.25, -0.2) is 0 Å². The highest BCUT2D eigenvalue weighted by molar-refractivity contribution is 6.33. The third kappa shape index (κ3) is 3.72. The number of halogens is 1. The lowest BCUT2D eigenvalue weighted by molar-refractivity contribution is -0.126. The monoisotopic (exact) mass is 321 g/mol. The second kappa shape index (κ2) is 7.32. The minimum atomic E-state index is 0.152. The number of carbonyl (C=O) groups excluding carboxylic acids is 1. The predicted molar refractivity (Wildman–Crippen MR) is 89.2 cm³/mol. The highest BCUT2D eigenvalue weighted by Gasteiger charge is 2.27. The van der Waals surface area contributed by atoms with Crippen LogP contribution in [0.4, 0.5) is 5.69 Å². The molecule has 1 saturated carbocycles. The molecule has 4 nitrogen and oxygen atoms in total. The molecule has 1 aliphatic heterocycles. The highest BCUT2D eigenvalue weighted by atomic mass is 35.5. The molecule has 0 aromatic carbocycles. The number of amides is 1. The van der Waals surface area contributed by atoms with Gasteiger partial charge in [-0.2, -0.15) is 0 Å². The van der Waals surface area contributed by atoms with E-state index in [9.17, 15) is 4.79 Å². The maximum absolute atomic E-state index is 12.4. The van der Waals surface area contributed by atoms with Crippen molar-refractivity contribution in [1.82, 2.24) is 10.3 Å². The predicted octanol–water partition coefficient (Wildman–Crippen LogP) is 3.40. The number of nitrogens with one attached hydrogen (secondary N) is 1. The topological polar surface area (TPSA) is 45.2 Å². The smallest absolute Gasteiger partial charge is 0.223 e. The van der Waals surface area contributed by atoms with E-state index >= 15 is 0 Å². The van der Waals surface area contributed by atoms with E-state index in [-0.39, 0.29) is 11.8 Å². The van der Waals surface area contributed by atoms with Crippen LogP contribution in [0.25, 0.3) is 0 Å². The summed E-state index contributed by atoms with van der Waals surface area (Å²) in [5.41, 5.74) is 1.03. The van der Waals surface area contributed by atoms with Crippen molar-refractivity contribution in [2.45, 2.75) is 51.0 Å². The van der Waals surface area contributed by atoms with E-state index in [0.29, 0.717) is 11.1 Å². The van der Waals surface area contributed by atoms with Crippen LogP contribution in [0.5, 0.6) is 0 Å². The Hall–Kier alpha value is -1.29. The molecule has 5 heteroatoms. The first kappa shape index (κ1) is 15.6. The average Bonchev–Trinajstić information content (AvgIpc) is 2.56. The SMILES string of the molecule is O=C(NC1CCCCC1)C1CCN(c2ccncc2Cl)CC1. The number of hydrogen-bond donors (Lipinski definition) is 1. The van der Waals surface area contributed by atoms with Crippen molar-refractivity contribution in [3.63, 3.8) is 0 Å². The minimum Gasteiger partial charge on any atom is -0.370 e. The number of aromatic nitrogens is 1. The third-order valence-corrected chi connectivity index (χ3v) is 5.20. The zero-order valence-electron chi connectivity index (χ0n) is 12.9. The van der Waals surface area contributed by atoms with Crippen LogP contribution in [0.1, 0.15) is 44.9 Å². The molecule has 22 heavy (non-hydrogen) atoms. The summed E-state index contributed by atoms with van der Waals surface area (Å²) in [6.07, 6.45) is 11.4. The number of rotatable bonds is 3. The van der Waals surface area contributed by atoms with Crippen molar-refractivity contribution >= 4 is 23.2 Å². The van der Waals surface area contributed by atoms with Crippen LogP contribution in [0.15, 0.2) is 18.5 Å². The summed E-state index contributed by atoms with van der Waals surface area (Å²) in [5, 5.41) is 3.95. The van der Waals surface area contributed by atoms with E-state index < -0.39 is 0 Å². The molecule has 1 aromatic heterocycles. The Balaban J connectivity index is 1.51. The van der Waals surface area contributed by atoms with Gasteiger partial charge in [-0.05, 0) is 31.7 Å². The molecule has 1 saturated heterocycles. The molecule has 2 heterocycles. The van der Waals surface area contributed by atoms with E-state index in [1.165, 1.54) is 19.3 Å². The second-order valence-corrected chi connectivity index (χ2v) is 6.84. The third-order valence-electron chi connectivity index (χ3n) is 4.91. The van der Waals surface area contributed by atoms with Gasteiger partial charge in [0.15, 0.2) is 0 Å². The number of nitrogens with zero attached hydrogens (tertiary/aromatic N) is 2. The second-order valence-electron chi connectivity index (χ2n) is 6.43. The van der Waals surface area contributed by atoms with Crippen LogP contribution >= 0.6 is 11.6 Å². The normalized spacial score (nSPS) is 20.9. The summed E-state index contributed by atoms with van der Waals surface area (Å²) < 4.78 is 0. The maximum Gasteiger partial charge on any atom is 0.223 e. The number of pyridine rings is 1. The molecule has 1 aromatic rings. The zero-order valence-corrected chi connectivity index (χ0v) is 13.7. The number of piperidine rings is 1. The average molecular weight is 322 g/mol. The quantitative estimate of drug-likeness (QED) is 0.928. The van der Waals surface area contributed by atoms with Crippen LogP contribution in [-0.4, -0.2) is 30.0 Å². The van der Waals surface area contributed by atoms with Gasteiger partial charge in [-0.1, -0.05) is 30.9 Å². The lowest BCUT2D eigenvalue weighted by Gasteiger charge is -2.34. The minimum absolute atomic E-state index is 0.152. The molecule has 1 N–H and O–H groups in total. The Morgan fingerprint density at radius 3 is 2.59 bits per heavy atom. The van der Waals surface area contributed by atoms with Gasteiger partial charge in [0.1, 0.15) is 0 Å². The molecule has 120 valence electrons. The summed E-state index contributed by atoms with van der Waals surface area (Å²) in [5.74, 6) is 0.408. The van der Waals surface area contributed by atoms with Crippen LogP contribution in [0.2, 0.25) is 5.02 Å².